The Morgan fingerprint density at radius 1 is 1.35 bits per heavy atom. The smallest absolute Gasteiger partial charge is 0.334 e. The summed E-state index contributed by atoms with van der Waals surface area (Å²) in [5.41, 5.74) is -0.0559. The van der Waals surface area contributed by atoms with Crippen molar-refractivity contribution in [3.8, 4) is 0 Å². The second-order valence-electron chi connectivity index (χ2n) is 4.20. The Kier molecular flexibility index (Phi) is 4.47. The van der Waals surface area contributed by atoms with Gasteiger partial charge in [0.05, 0.1) is 28.8 Å². The van der Waals surface area contributed by atoms with Crippen LogP contribution in [0.2, 0.25) is 10.0 Å². The number of nitrogens with zero attached hydrogens (tertiary/aromatic N) is 1. The topological polar surface area (TPSA) is 66.8 Å². The summed E-state index contributed by atoms with van der Waals surface area (Å²) in [7, 11) is 0. The summed E-state index contributed by atoms with van der Waals surface area (Å²) in [6.45, 7) is 0.189. The quantitative estimate of drug-likeness (QED) is 0.847. The van der Waals surface area contributed by atoms with Crippen LogP contribution >= 0.6 is 23.2 Å². The molecular weight excluding hydrogens is 312 g/mol. The zero-order valence-corrected chi connectivity index (χ0v) is 11.6. The van der Waals surface area contributed by atoms with Crippen molar-refractivity contribution in [2.45, 2.75) is 6.10 Å². The number of morpholine rings is 1. The summed E-state index contributed by atoms with van der Waals surface area (Å²) in [6.07, 6.45) is -1.09. The van der Waals surface area contributed by atoms with Crippen LogP contribution in [0.15, 0.2) is 12.1 Å². The van der Waals surface area contributed by atoms with E-state index < -0.39 is 23.8 Å². The fourth-order valence-corrected chi connectivity index (χ4v) is 2.30. The molecule has 1 saturated heterocycles. The van der Waals surface area contributed by atoms with Crippen LogP contribution in [0.25, 0.3) is 0 Å². The molecule has 108 valence electrons. The van der Waals surface area contributed by atoms with Gasteiger partial charge >= 0.3 is 5.97 Å². The van der Waals surface area contributed by atoms with E-state index in [0.29, 0.717) is 0 Å². The number of rotatable bonds is 2. The highest BCUT2D eigenvalue weighted by Gasteiger charge is 2.30. The van der Waals surface area contributed by atoms with E-state index in [1.807, 2.05) is 0 Å². The zero-order valence-electron chi connectivity index (χ0n) is 10.1. The molecule has 0 aliphatic carbocycles. The van der Waals surface area contributed by atoms with Crippen LogP contribution in [0.3, 0.4) is 0 Å². The molecular formula is C12H10Cl2FNO4. The predicted octanol–water partition coefficient (Wildman–Crippen LogP) is 2.06. The van der Waals surface area contributed by atoms with Crippen molar-refractivity contribution in [2.75, 3.05) is 19.7 Å². The van der Waals surface area contributed by atoms with Crippen molar-refractivity contribution in [3.63, 3.8) is 0 Å². The molecule has 2 rings (SSSR count). The van der Waals surface area contributed by atoms with E-state index in [-0.39, 0.29) is 35.3 Å². The van der Waals surface area contributed by atoms with Gasteiger partial charge in [0, 0.05) is 6.54 Å². The van der Waals surface area contributed by atoms with Crippen LogP contribution in [0, 0.1) is 5.82 Å². The average molecular weight is 322 g/mol. The first-order chi connectivity index (χ1) is 9.40. The maximum absolute atomic E-state index is 13.4. The molecule has 8 heteroatoms. The number of carbonyl (C=O) groups excluding carboxylic acids is 1. The summed E-state index contributed by atoms with van der Waals surface area (Å²) < 4.78 is 18.4. The monoisotopic (exact) mass is 321 g/mol. The second kappa shape index (κ2) is 5.95. The van der Waals surface area contributed by atoms with Crippen molar-refractivity contribution < 1.29 is 23.8 Å². The van der Waals surface area contributed by atoms with E-state index in [9.17, 15) is 14.0 Å². The van der Waals surface area contributed by atoms with Gasteiger partial charge in [-0.05, 0) is 12.1 Å². The first-order valence-electron chi connectivity index (χ1n) is 5.68. The molecule has 1 fully saturated rings. The van der Waals surface area contributed by atoms with Gasteiger partial charge in [0.1, 0.15) is 5.82 Å². The highest BCUT2D eigenvalue weighted by atomic mass is 35.5. The van der Waals surface area contributed by atoms with Gasteiger partial charge in [-0.2, -0.15) is 0 Å². The molecule has 1 aromatic carbocycles. The summed E-state index contributed by atoms with van der Waals surface area (Å²) in [4.78, 5) is 24.4. The molecule has 0 aromatic heterocycles. The van der Waals surface area contributed by atoms with Crippen LogP contribution in [-0.4, -0.2) is 47.7 Å². The summed E-state index contributed by atoms with van der Waals surface area (Å²) in [5, 5.41) is 8.71. The maximum Gasteiger partial charge on any atom is 0.334 e. The predicted molar refractivity (Wildman–Crippen MR) is 69.7 cm³/mol. The van der Waals surface area contributed by atoms with Crippen molar-refractivity contribution in [2.24, 2.45) is 0 Å². The molecule has 1 atom stereocenters. The lowest BCUT2D eigenvalue weighted by Gasteiger charge is -2.31. The number of ether oxygens (including phenoxy) is 1. The van der Waals surface area contributed by atoms with Crippen LogP contribution in [-0.2, 0) is 9.53 Å². The Hall–Kier alpha value is -1.37. The fourth-order valence-electron chi connectivity index (χ4n) is 1.84. The van der Waals surface area contributed by atoms with E-state index in [1.165, 1.54) is 4.90 Å². The highest BCUT2D eigenvalue weighted by Crippen LogP contribution is 2.26. The second-order valence-corrected chi connectivity index (χ2v) is 5.01. The van der Waals surface area contributed by atoms with Gasteiger partial charge in [0.2, 0.25) is 0 Å². The van der Waals surface area contributed by atoms with E-state index in [4.69, 9.17) is 33.0 Å². The Labute approximate surface area is 123 Å². The van der Waals surface area contributed by atoms with Gasteiger partial charge in [-0.1, -0.05) is 23.2 Å². The molecule has 0 radical (unpaired) electrons. The average Bonchev–Trinajstić information content (AvgIpc) is 2.42. The van der Waals surface area contributed by atoms with Gasteiger partial charge < -0.3 is 14.7 Å². The zero-order chi connectivity index (χ0) is 14.9. The number of aliphatic carboxylic acids is 1. The molecule has 1 amide bonds. The number of carboxylic acid groups (broad SMARTS) is 1. The Morgan fingerprint density at radius 3 is 2.70 bits per heavy atom. The van der Waals surface area contributed by atoms with Gasteiger partial charge in [-0.3, -0.25) is 4.79 Å². The number of amides is 1. The molecule has 1 aliphatic heterocycles. The molecule has 0 bridgehead atoms. The minimum atomic E-state index is -1.16. The molecule has 1 N–H and O–H groups in total. The third kappa shape index (κ3) is 3.03. The van der Waals surface area contributed by atoms with Crippen LogP contribution < -0.4 is 0 Å². The summed E-state index contributed by atoms with van der Waals surface area (Å²) in [5.74, 6) is -2.47. The fraction of sp³-hybridized carbons (Fsp3) is 0.333. The lowest BCUT2D eigenvalue weighted by atomic mass is 10.1. The first-order valence-corrected chi connectivity index (χ1v) is 6.44. The Bertz CT molecular complexity index is 567. The van der Waals surface area contributed by atoms with Gasteiger partial charge in [0.25, 0.3) is 5.91 Å². The molecule has 1 aliphatic rings. The van der Waals surface area contributed by atoms with Crippen LogP contribution in [0.5, 0.6) is 0 Å². The minimum absolute atomic E-state index is 0.0137. The molecule has 1 heterocycles. The number of benzene rings is 1. The van der Waals surface area contributed by atoms with Crippen molar-refractivity contribution in [1.82, 2.24) is 4.90 Å². The summed E-state index contributed by atoms with van der Waals surface area (Å²) in [6, 6.07) is 2.08. The Balaban J connectivity index is 2.23. The molecule has 1 aromatic rings. The lowest BCUT2D eigenvalue weighted by Crippen LogP contribution is -2.48. The van der Waals surface area contributed by atoms with E-state index in [0.717, 1.165) is 12.1 Å². The standard InChI is InChI=1S/C12H10Cl2FNO4/c13-7-4-8(14)9(15)3-6(7)11(17)16-1-2-20-10(5-16)12(18)19/h3-4,10H,1-2,5H2,(H,18,19)/t10-/m1/s1. The third-order valence-corrected chi connectivity index (χ3v) is 3.47. The maximum atomic E-state index is 13.4. The number of hydrogen-bond donors (Lipinski definition) is 1. The van der Waals surface area contributed by atoms with E-state index >= 15 is 0 Å². The van der Waals surface area contributed by atoms with Crippen molar-refractivity contribution in [3.05, 3.63) is 33.6 Å². The van der Waals surface area contributed by atoms with Crippen LogP contribution in [0.4, 0.5) is 4.39 Å². The van der Waals surface area contributed by atoms with Gasteiger partial charge in [-0.15, -0.1) is 0 Å². The number of hydrogen-bond acceptors (Lipinski definition) is 3. The van der Waals surface area contributed by atoms with Gasteiger partial charge in [0.15, 0.2) is 6.10 Å². The Morgan fingerprint density at radius 2 is 2.05 bits per heavy atom. The number of carbonyl (C=O) groups is 2. The van der Waals surface area contributed by atoms with Crippen molar-refractivity contribution in [1.29, 1.82) is 0 Å². The molecule has 0 unspecified atom stereocenters. The van der Waals surface area contributed by atoms with Crippen LogP contribution in [0.1, 0.15) is 10.4 Å². The van der Waals surface area contributed by atoms with E-state index in [1.54, 1.807) is 0 Å². The molecule has 5 nitrogen and oxygen atoms in total. The number of halogens is 3. The highest BCUT2D eigenvalue weighted by molar-refractivity contribution is 6.36. The molecule has 0 spiro atoms. The van der Waals surface area contributed by atoms with Gasteiger partial charge in [-0.25, -0.2) is 9.18 Å². The SMILES string of the molecule is O=C(O)[C@H]1CN(C(=O)c2cc(F)c(Cl)cc2Cl)CCO1. The first kappa shape index (κ1) is 15.0. The largest absolute Gasteiger partial charge is 0.479 e. The summed E-state index contributed by atoms with van der Waals surface area (Å²) >= 11 is 11.4. The minimum Gasteiger partial charge on any atom is -0.479 e. The lowest BCUT2D eigenvalue weighted by molar-refractivity contribution is -0.154. The number of carboxylic acids is 1. The molecule has 0 saturated carbocycles. The van der Waals surface area contributed by atoms with Crippen molar-refractivity contribution >= 4 is 35.1 Å². The molecule has 20 heavy (non-hydrogen) atoms. The normalized spacial score (nSPS) is 18.9. The van der Waals surface area contributed by atoms with E-state index in [2.05, 4.69) is 0 Å². The third-order valence-electron chi connectivity index (χ3n) is 2.87.